The zero-order chi connectivity index (χ0) is 18.6. The fourth-order valence-electron chi connectivity index (χ4n) is 2.64. The molecule has 2 aromatic carbocycles. The van der Waals surface area contributed by atoms with Crippen molar-refractivity contribution in [2.75, 3.05) is 5.32 Å². The van der Waals surface area contributed by atoms with Crippen LogP contribution in [0.15, 0.2) is 78.3 Å². The molecule has 0 aliphatic heterocycles. The quantitative estimate of drug-likeness (QED) is 0.413. The van der Waals surface area contributed by atoms with Crippen LogP contribution in [0.1, 0.15) is 20.0 Å². The summed E-state index contributed by atoms with van der Waals surface area (Å²) in [6.07, 6.45) is 1.65. The van der Waals surface area contributed by atoms with Gasteiger partial charge in [0.15, 0.2) is 5.75 Å². The van der Waals surface area contributed by atoms with Crippen molar-refractivity contribution in [2.24, 2.45) is 0 Å². The molecule has 0 saturated heterocycles. The standard InChI is InChI=1S/C21H14N2O3S/c24-20(18-10-4-12-27-18)23-16-8-1-6-15(13-16)21(25)26-17-9-2-5-14-7-3-11-22-19(14)17/h1-13H,(H,23,24). The summed E-state index contributed by atoms with van der Waals surface area (Å²) in [6.45, 7) is 0. The van der Waals surface area contributed by atoms with Crippen LogP contribution in [0.25, 0.3) is 10.9 Å². The highest BCUT2D eigenvalue weighted by molar-refractivity contribution is 7.12. The van der Waals surface area contributed by atoms with E-state index in [1.165, 1.54) is 11.3 Å². The number of nitrogens with one attached hydrogen (secondary N) is 1. The lowest BCUT2D eigenvalue weighted by molar-refractivity contribution is 0.0736. The van der Waals surface area contributed by atoms with E-state index >= 15 is 0 Å². The summed E-state index contributed by atoms with van der Waals surface area (Å²) in [6, 6.07) is 19.4. The van der Waals surface area contributed by atoms with E-state index in [9.17, 15) is 9.59 Å². The molecule has 0 spiro atoms. The lowest BCUT2D eigenvalue weighted by atomic mass is 10.2. The Morgan fingerprint density at radius 3 is 2.67 bits per heavy atom. The van der Waals surface area contributed by atoms with Gasteiger partial charge in [0.25, 0.3) is 5.91 Å². The molecule has 1 N–H and O–H groups in total. The average Bonchev–Trinajstić information content (AvgIpc) is 3.23. The number of ether oxygens (including phenoxy) is 1. The van der Waals surface area contributed by atoms with Gasteiger partial charge in [0.05, 0.1) is 10.4 Å². The number of nitrogens with zero attached hydrogens (tertiary/aromatic N) is 1. The van der Waals surface area contributed by atoms with Gasteiger partial charge in [-0.2, -0.15) is 0 Å². The maximum atomic E-state index is 12.6. The van der Waals surface area contributed by atoms with Crippen LogP contribution in [0, 0.1) is 0 Å². The molecule has 2 heterocycles. The second-order valence-electron chi connectivity index (χ2n) is 5.73. The van der Waals surface area contributed by atoms with Crippen LogP contribution in [-0.2, 0) is 0 Å². The van der Waals surface area contributed by atoms with E-state index in [1.807, 2.05) is 35.7 Å². The fourth-order valence-corrected chi connectivity index (χ4v) is 3.26. The first kappa shape index (κ1) is 16.9. The van der Waals surface area contributed by atoms with Crippen LogP contribution in [0.3, 0.4) is 0 Å². The summed E-state index contributed by atoms with van der Waals surface area (Å²) in [5.41, 5.74) is 1.49. The number of rotatable bonds is 4. The number of anilines is 1. The van der Waals surface area contributed by atoms with Crippen molar-refractivity contribution < 1.29 is 14.3 Å². The molecule has 132 valence electrons. The summed E-state index contributed by atoms with van der Waals surface area (Å²) < 4.78 is 5.53. The van der Waals surface area contributed by atoms with Crippen LogP contribution in [0.4, 0.5) is 5.69 Å². The minimum Gasteiger partial charge on any atom is -0.421 e. The Labute approximate surface area is 159 Å². The molecule has 4 rings (SSSR count). The largest absolute Gasteiger partial charge is 0.421 e. The molecule has 27 heavy (non-hydrogen) atoms. The molecule has 0 radical (unpaired) electrons. The molecule has 0 unspecified atom stereocenters. The number of thiophene rings is 1. The Kier molecular flexibility index (Phi) is 4.63. The van der Waals surface area contributed by atoms with Crippen LogP contribution >= 0.6 is 11.3 Å². The Hall–Kier alpha value is -3.51. The van der Waals surface area contributed by atoms with Crippen LogP contribution < -0.4 is 10.1 Å². The Morgan fingerprint density at radius 2 is 1.81 bits per heavy atom. The SMILES string of the molecule is O=C(Oc1cccc2cccnc12)c1cccc(NC(=O)c2cccs2)c1. The van der Waals surface area contributed by atoms with Crippen molar-refractivity contribution in [2.45, 2.75) is 0 Å². The van der Waals surface area contributed by atoms with Crippen molar-refractivity contribution in [3.8, 4) is 5.75 Å². The molecule has 0 aliphatic carbocycles. The molecule has 1 amide bonds. The van der Waals surface area contributed by atoms with E-state index in [2.05, 4.69) is 10.3 Å². The zero-order valence-corrected chi connectivity index (χ0v) is 14.9. The van der Waals surface area contributed by atoms with Crippen LogP contribution in [-0.4, -0.2) is 16.9 Å². The second kappa shape index (κ2) is 7.39. The highest BCUT2D eigenvalue weighted by Gasteiger charge is 2.13. The van der Waals surface area contributed by atoms with E-state index in [-0.39, 0.29) is 5.91 Å². The highest BCUT2D eigenvalue weighted by atomic mass is 32.1. The minimum absolute atomic E-state index is 0.214. The van der Waals surface area contributed by atoms with Crippen molar-refractivity contribution >= 4 is 39.8 Å². The van der Waals surface area contributed by atoms with Crippen molar-refractivity contribution in [3.63, 3.8) is 0 Å². The third-order valence-electron chi connectivity index (χ3n) is 3.90. The number of carbonyl (C=O) groups is 2. The molecule has 6 heteroatoms. The van der Waals surface area contributed by atoms with Gasteiger partial charge >= 0.3 is 5.97 Å². The summed E-state index contributed by atoms with van der Waals surface area (Å²) in [7, 11) is 0. The topological polar surface area (TPSA) is 68.3 Å². The predicted octanol–water partition coefficient (Wildman–Crippen LogP) is 4.77. The zero-order valence-electron chi connectivity index (χ0n) is 14.1. The summed E-state index contributed by atoms with van der Waals surface area (Å²) in [4.78, 5) is 29.6. The van der Waals surface area contributed by atoms with Crippen LogP contribution in [0.2, 0.25) is 0 Å². The van der Waals surface area contributed by atoms with Gasteiger partial charge in [0, 0.05) is 17.3 Å². The van der Waals surface area contributed by atoms with Crippen LogP contribution in [0.5, 0.6) is 5.75 Å². The maximum absolute atomic E-state index is 12.6. The number of fused-ring (bicyclic) bond motifs is 1. The van der Waals surface area contributed by atoms with Crippen molar-refractivity contribution in [3.05, 3.63) is 88.7 Å². The number of esters is 1. The molecule has 4 aromatic rings. The fraction of sp³-hybridized carbons (Fsp3) is 0. The number of amides is 1. The van der Waals surface area contributed by atoms with E-state index in [4.69, 9.17) is 4.74 Å². The minimum atomic E-state index is -0.514. The Bertz CT molecular complexity index is 1120. The van der Waals surface area contributed by atoms with E-state index < -0.39 is 5.97 Å². The normalized spacial score (nSPS) is 10.5. The van der Waals surface area contributed by atoms with E-state index in [1.54, 1.807) is 42.6 Å². The first-order chi connectivity index (χ1) is 13.2. The maximum Gasteiger partial charge on any atom is 0.343 e. The molecule has 0 atom stereocenters. The van der Waals surface area contributed by atoms with Gasteiger partial charge < -0.3 is 10.1 Å². The number of benzene rings is 2. The third kappa shape index (κ3) is 3.70. The summed E-state index contributed by atoms with van der Waals surface area (Å²) in [5, 5.41) is 5.51. The Balaban J connectivity index is 1.54. The van der Waals surface area contributed by atoms with Crippen molar-refractivity contribution in [1.82, 2.24) is 4.98 Å². The molecule has 2 aromatic heterocycles. The summed E-state index contributed by atoms with van der Waals surface area (Å²) >= 11 is 1.35. The second-order valence-corrected chi connectivity index (χ2v) is 6.68. The van der Waals surface area contributed by atoms with Crippen molar-refractivity contribution in [1.29, 1.82) is 0 Å². The molecule has 5 nitrogen and oxygen atoms in total. The average molecular weight is 374 g/mol. The smallest absolute Gasteiger partial charge is 0.343 e. The number of hydrogen-bond acceptors (Lipinski definition) is 5. The van der Waals surface area contributed by atoms with Gasteiger partial charge in [-0.3, -0.25) is 9.78 Å². The molecular weight excluding hydrogens is 360 g/mol. The number of pyridine rings is 1. The number of para-hydroxylation sites is 1. The van der Waals surface area contributed by atoms with E-state index in [0.29, 0.717) is 27.4 Å². The first-order valence-corrected chi connectivity index (χ1v) is 9.09. The lowest BCUT2D eigenvalue weighted by Crippen LogP contribution is -2.12. The van der Waals surface area contributed by atoms with Gasteiger partial charge in [0.1, 0.15) is 5.52 Å². The summed E-state index contributed by atoms with van der Waals surface area (Å²) in [5.74, 6) is -0.333. The first-order valence-electron chi connectivity index (χ1n) is 8.21. The third-order valence-corrected chi connectivity index (χ3v) is 4.77. The Morgan fingerprint density at radius 1 is 0.963 bits per heavy atom. The molecule has 0 saturated carbocycles. The van der Waals surface area contributed by atoms with Gasteiger partial charge in [-0.1, -0.05) is 30.3 Å². The molecule has 0 fully saturated rings. The molecular formula is C21H14N2O3S. The molecule has 0 aliphatic rings. The van der Waals surface area contributed by atoms with E-state index in [0.717, 1.165) is 5.39 Å². The lowest BCUT2D eigenvalue weighted by Gasteiger charge is -2.08. The van der Waals surface area contributed by atoms with Gasteiger partial charge in [-0.15, -0.1) is 11.3 Å². The number of hydrogen-bond donors (Lipinski definition) is 1. The van der Waals surface area contributed by atoms with Gasteiger partial charge in [-0.05, 0) is 41.8 Å². The molecule has 0 bridgehead atoms. The van der Waals surface area contributed by atoms with Gasteiger partial charge in [-0.25, -0.2) is 4.79 Å². The van der Waals surface area contributed by atoms with Gasteiger partial charge in [0.2, 0.25) is 0 Å². The monoisotopic (exact) mass is 374 g/mol. The predicted molar refractivity (Wildman–Crippen MR) is 105 cm³/mol. The number of carbonyl (C=O) groups excluding carboxylic acids is 2. The number of aromatic nitrogens is 1. The highest BCUT2D eigenvalue weighted by Crippen LogP contribution is 2.24.